The lowest BCUT2D eigenvalue weighted by atomic mass is 10.1. The summed E-state index contributed by atoms with van der Waals surface area (Å²) >= 11 is 0. The number of azide groups is 1. The number of aliphatic carboxylic acids is 1. The second kappa shape index (κ2) is 4.89. The van der Waals surface area contributed by atoms with Gasteiger partial charge in [-0.1, -0.05) is 29.4 Å². The van der Waals surface area contributed by atoms with Crippen LogP contribution >= 0.6 is 0 Å². The third-order valence-corrected chi connectivity index (χ3v) is 1.75. The highest BCUT2D eigenvalue weighted by Crippen LogP contribution is 2.20. The van der Waals surface area contributed by atoms with Crippen molar-refractivity contribution in [1.82, 2.24) is 0 Å². The maximum absolute atomic E-state index is 10.3. The molecule has 0 unspecified atom stereocenters. The monoisotopic (exact) mass is 191 g/mol. The van der Waals surface area contributed by atoms with Crippen molar-refractivity contribution in [3.63, 3.8) is 0 Å². The number of aryl methyl sites for hydroxylation is 1. The molecule has 0 aliphatic heterocycles. The van der Waals surface area contributed by atoms with Gasteiger partial charge in [-0.2, -0.15) is 0 Å². The summed E-state index contributed by atoms with van der Waals surface area (Å²) < 4.78 is 0. The molecular weight excluding hydrogens is 182 g/mol. The molecule has 72 valence electrons. The fourth-order valence-corrected chi connectivity index (χ4v) is 1.11. The van der Waals surface area contributed by atoms with Crippen LogP contribution in [0.15, 0.2) is 29.4 Å². The van der Waals surface area contributed by atoms with Gasteiger partial charge in [0.2, 0.25) is 0 Å². The molecule has 14 heavy (non-hydrogen) atoms. The minimum absolute atomic E-state index is 0.0396. The standard InChI is InChI=1S/C9H9N3O2/c10-12-11-8-4-2-1-3-7(8)5-6-9(13)14/h1-4H,5-6H2,(H,13,14). The Balaban J connectivity index is 2.84. The minimum atomic E-state index is -0.860. The molecule has 0 aliphatic carbocycles. The SMILES string of the molecule is [N-]=[N+]=Nc1ccccc1CCC(=O)O. The largest absolute Gasteiger partial charge is 0.481 e. The molecule has 0 spiro atoms. The van der Waals surface area contributed by atoms with Gasteiger partial charge in [-0.25, -0.2) is 0 Å². The summed E-state index contributed by atoms with van der Waals surface area (Å²) in [6, 6.07) is 6.95. The Kier molecular flexibility index (Phi) is 3.52. The van der Waals surface area contributed by atoms with E-state index in [4.69, 9.17) is 10.6 Å². The van der Waals surface area contributed by atoms with Crippen LogP contribution in [0.1, 0.15) is 12.0 Å². The first kappa shape index (κ1) is 10.1. The van der Waals surface area contributed by atoms with Gasteiger partial charge in [-0.15, -0.1) is 0 Å². The van der Waals surface area contributed by atoms with Crippen LogP contribution in [0, 0.1) is 0 Å². The number of carbonyl (C=O) groups is 1. The van der Waals surface area contributed by atoms with Crippen molar-refractivity contribution in [1.29, 1.82) is 0 Å². The summed E-state index contributed by atoms with van der Waals surface area (Å²) in [6.45, 7) is 0. The average molecular weight is 191 g/mol. The summed E-state index contributed by atoms with van der Waals surface area (Å²) in [4.78, 5) is 13.0. The molecule has 0 saturated heterocycles. The van der Waals surface area contributed by atoms with E-state index >= 15 is 0 Å². The Bertz CT molecular complexity index is 383. The fraction of sp³-hybridized carbons (Fsp3) is 0.222. The van der Waals surface area contributed by atoms with Gasteiger partial charge < -0.3 is 5.11 Å². The molecule has 1 aromatic rings. The molecule has 5 nitrogen and oxygen atoms in total. The molecule has 0 bridgehead atoms. The Morgan fingerprint density at radius 1 is 1.50 bits per heavy atom. The van der Waals surface area contributed by atoms with E-state index in [0.717, 1.165) is 5.56 Å². The van der Waals surface area contributed by atoms with Gasteiger partial charge in [-0.3, -0.25) is 4.79 Å². The smallest absolute Gasteiger partial charge is 0.303 e. The van der Waals surface area contributed by atoms with Crippen LogP contribution in [-0.4, -0.2) is 11.1 Å². The van der Waals surface area contributed by atoms with Gasteiger partial charge in [-0.05, 0) is 17.5 Å². The van der Waals surface area contributed by atoms with Crippen molar-refractivity contribution in [3.8, 4) is 0 Å². The normalized spacial score (nSPS) is 9.14. The van der Waals surface area contributed by atoms with E-state index < -0.39 is 5.97 Å². The zero-order valence-electron chi connectivity index (χ0n) is 7.42. The number of hydrogen-bond donors (Lipinski definition) is 1. The number of rotatable bonds is 4. The van der Waals surface area contributed by atoms with Crippen LogP contribution < -0.4 is 0 Å². The molecule has 1 aromatic carbocycles. The van der Waals surface area contributed by atoms with Gasteiger partial charge in [0.25, 0.3) is 0 Å². The Hall–Kier alpha value is -2.00. The first-order valence-corrected chi connectivity index (χ1v) is 4.09. The highest BCUT2D eigenvalue weighted by Gasteiger charge is 2.02. The molecule has 1 N–H and O–H groups in total. The fourth-order valence-electron chi connectivity index (χ4n) is 1.11. The van der Waals surface area contributed by atoms with Gasteiger partial charge >= 0.3 is 5.97 Å². The molecular formula is C9H9N3O2. The Morgan fingerprint density at radius 3 is 2.86 bits per heavy atom. The zero-order valence-corrected chi connectivity index (χ0v) is 7.42. The topological polar surface area (TPSA) is 86.1 Å². The number of carboxylic acid groups (broad SMARTS) is 1. The molecule has 0 aromatic heterocycles. The molecule has 0 amide bonds. The van der Waals surface area contributed by atoms with Crippen molar-refractivity contribution >= 4 is 11.7 Å². The van der Waals surface area contributed by atoms with Gasteiger partial charge in [0.05, 0.1) is 0 Å². The predicted molar refractivity (Wildman–Crippen MR) is 51.2 cm³/mol. The molecule has 0 heterocycles. The summed E-state index contributed by atoms with van der Waals surface area (Å²) in [6.07, 6.45) is 0.419. The van der Waals surface area contributed by atoms with Crippen LogP contribution in [0.4, 0.5) is 5.69 Å². The number of benzene rings is 1. The van der Waals surface area contributed by atoms with Crippen LogP contribution in [0.5, 0.6) is 0 Å². The average Bonchev–Trinajstić information content (AvgIpc) is 2.17. The van der Waals surface area contributed by atoms with Gasteiger partial charge in [0, 0.05) is 17.0 Å². The molecule has 1 rings (SSSR count). The van der Waals surface area contributed by atoms with Crippen LogP contribution in [0.25, 0.3) is 10.4 Å². The predicted octanol–water partition coefficient (Wildman–Crippen LogP) is 2.65. The first-order valence-electron chi connectivity index (χ1n) is 4.09. The maximum Gasteiger partial charge on any atom is 0.303 e. The third-order valence-electron chi connectivity index (χ3n) is 1.75. The van der Waals surface area contributed by atoms with Gasteiger partial charge in [0.1, 0.15) is 0 Å². The highest BCUT2D eigenvalue weighted by atomic mass is 16.4. The molecule has 0 radical (unpaired) electrons. The van der Waals surface area contributed by atoms with E-state index in [1.54, 1.807) is 24.3 Å². The van der Waals surface area contributed by atoms with E-state index in [1.807, 2.05) is 0 Å². The summed E-state index contributed by atoms with van der Waals surface area (Å²) in [7, 11) is 0. The molecule has 0 aliphatic rings. The van der Waals surface area contributed by atoms with E-state index in [1.165, 1.54) is 0 Å². The van der Waals surface area contributed by atoms with Crippen molar-refractivity contribution in [3.05, 3.63) is 40.3 Å². The van der Waals surface area contributed by atoms with E-state index in [-0.39, 0.29) is 6.42 Å². The van der Waals surface area contributed by atoms with Crippen molar-refractivity contribution < 1.29 is 9.90 Å². The van der Waals surface area contributed by atoms with Crippen LogP contribution in [0.2, 0.25) is 0 Å². The minimum Gasteiger partial charge on any atom is -0.481 e. The van der Waals surface area contributed by atoms with Crippen LogP contribution in [0.3, 0.4) is 0 Å². The number of nitrogens with zero attached hydrogens (tertiary/aromatic N) is 3. The summed E-state index contributed by atoms with van der Waals surface area (Å²) in [5, 5.41) is 12.0. The summed E-state index contributed by atoms with van der Waals surface area (Å²) in [5.41, 5.74) is 9.52. The van der Waals surface area contributed by atoms with Crippen molar-refractivity contribution in [2.24, 2.45) is 5.11 Å². The quantitative estimate of drug-likeness (QED) is 0.450. The summed E-state index contributed by atoms with van der Waals surface area (Å²) in [5.74, 6) is -0.860. The molecule has 0 saturated carbocycles. The number of carboxylic acids is 1. The second-order valence-corrected chi connectivity index (χ2v) is 2.71. The lowest BCUT2D eigenvalue weighted by Crippen LogP contribution is -1.97. The molecule has 0 fully saturated rings. The van der Waals surface area contributed by atoms with Crippen LogP contribution in [-0.2, 0) is 11.2 Å². The van der Waals surface area contributed by atoms with Gasteiger partial charge in [0.15, 0.2) is 0 Å². The van der Waals surface area contributed by atoms with Crippen molar-refractivity contribution in [2.75, 3.05) is 0 Å². The number of hydrogen-bond acceptors (Lipinski definition) is 2. The highest BCUT2D eigenvalue weighted by molar-refractivity contribution is 5.67. The Labute approximate surface area is 80.6 Å². The maximum atomic E-state index is 10.3. The van der Waals surface area contributed by atoms with E-state index in [0.29, 0.717) is 12.1 Å². The first-order chi connectivity index (χ1) is 6.74. The second-order valence-electron chi connectivity index (χ2n) is 2.71. The lowest BCUT2D eigenvalue weighted by molar-refractivity contribution is -0.136. The van der Waals surface area contributed by atoms with E-state index in [2.05, 4.69) is 10.0 Å². The van der Waals surface area contributed by atoms with Crippen molar-refractivity contribution in [2.45, 2.75) is 12.8 Å². The van der Waals surface area contributed by atoms with E-state index in [9.17, 15) is 4.79 Å². The molecule has 0 atom stereocenters. The molecule has 5 heteroatoms. The third kappa shape index (κ3) is 2.80. The zero-order chi connectivity index (χ0) is 10.4. The lowest BCUT2D eigenvalue weighted by Gasteiger charge is -2.01. The Morgan fingerprint density at radius 2 is 2.21 bits per heavy atom.